The lowest BCUT2D eigenvalue weighted by Crippen LogP contribution is -2.34. The van der Waals surface area contributed by atoms with Crippen molar-refractivity contribution in [1.29, 1.82) is 0 Å². The van der Waals surface area contributed by atoms with Crippen LogP contribution in [0.3, 0.4) is 0 Å². The lowest BCUT2D eigenvalue weighted by molar-refractivity contribution is 0.385. The maximum Gasteiger partial charge on any atom is 0.127 e. The van der Waals surface area contributed by atoms with Crippen molar-refractivity contribution in [2.75, 3.05) is 6.54 Å². The Morgan fingerprint density at radius 2 is 2.12 bits per heavy atom. The molecule has 1 aliphatic carbocycles. The van der Waals surface area contributed by atoms with Gasteiger partial charge in [-0.05, 0) is 31.6 Å². The molecule has 0 radical (unpaired) electrons. The Morgan fingerprint density at radius 3 is 2.59 bits per heavy atom. The third kappa shape index (κ3) is 5.33. The van der Waals surface area contributed by atoms with Crippen molar-refractivity contribution in [1.82, 2.24) is 4.90 Å². The molecule has 0 aromatic heterocycles. The van der Waals surface area contributed by atoms with Crippen molar-refractivity contribution in [3.8, 4) is 0 Å². The quantitative estimate of drug-likeness (QED) is 0.359. The molecular formula is C14H27N3. The summed E-state index contributed by atoms with van der Waals surface area (Å²) in [5.41, 5.74) is 0. The Morgan fingerprint density at radius 1 is 1.41 bits per heavy atom. The van der Waals surface area contributed by atoms with Crippen LogP contribution in [0.1, 0.15) is 59.3 Å². The van der Waals surface area contributed by atoms with Crippen molar-refractivity contribution in [2.24, 2.45) is 16.1 Å². The van der Waals surface area contributed by atoms with E-state index in [1.165, 1.54) is 32.1 Å². The van der Waals surface area contributed by atoms with Crippen molar-refractivity contribution >= 4 is 12.6 Å². The van der Waals surface area contributed by atoms with Gasteiger partial charge in [-0.25, -0.2) is 0 Å². The summed E-state index contributed by atoms with van der Waals surface area (Å²) in [5.74, 6) is 1.88. The molecule has 0 N–H and O–H groups in total. The summed E-state index contributed by atoms with van der Waals surface area (Å²) in [5, 5.41) is 8.02. The van der Waals surface area contributed by atoms with Crippen LogP contribution in [0.15, 0.2) is 10.2 Å². The monoisotopic (exact) mass is 237 g/mol. The van der Waals surface area contributed by atoms with Crippen LogP contribution in [0.2, 0.25) is 0 Å². The molecule has 3 heteroatoms. The molecule has 0 unspecified atom stereocenters. The zero-order chi connectivity index (χ0) is 12.7. The largest absolute Gasteiger partial charge is 0.356 e. The molecule has 0 aromatic rings. The fourth-order valence-corrected chi connectivity index (χ4v) is 1.99. The third-order valence-corrected chi connectivity index (χ3v) is 3.20. The topological polar surface area (TPSA) is 28.0 Å². The van der Waals surface area contributed by atoms with Crippen molar-refractivity contribution in [3.05, 3.63) is 0 Å². The smallest absolute Gasteiger partial charge is 0.127 e. The van der Waals surface area contributed by atoms with Gasteiger partial charge in [0.1, 0.15) is 5.84 Å². The van der Waals surface area contributed by atoms with Gasteiger partial charge >= 0.3 is 0 Å². The highest BCUT2D eigenvalue weighted by Crippen LogP contribution is 2.28. The van der Waals surface area contributed by atoms with E-state index >= 15 is 0 Å². The number of rotatable bonds is 8. The van der Waals surface area contributed by atoms with Crippen molar-refractivity contribution in [3.63, 3.8) is 0 Å². The van der Waals surface area contributed by atoms with E-state index in [1.54, 1.807) is 0 Å². The zero-order valence-corrected chi connectivity index (χ0v) is 11.7. The first-order valence-corrected chi connectivity index (χ1v) is 6.98. The molecule has 0 aliphatic heterocycles. The van der Waals surface area contributed by atoms with Crippen molar-refractivity contribution < 1.29 is 0 Å². The molecule has 1 aliphatic rings. The second-order valence-electron chi connectivity index (χ2n) is 5.37. The number of nitrogens with zero attached hydrogens (tertiary/aromatic N) is 3. The average molecular weight is 237 g/mol. The lowest BCUT2D eigenvalue weighted by Gasteiger charge is -2.25. The normalized spacial score (nSPS) is 16.4. The molecule has 0 heterocycles. The Balaban J connectivity index is 2.57. The molecule has 17 heavy (non-hydrogen) atoms. The first-order chi connectivity index (χ1) is 8.19. The summed E-state index contributed by atoms with van der Waals surface area (Å²) < 4.78 is 0. The molecule has 0 bridgehead atoms. The molecule has 0 aromatic carbocycles. The van der Waals surface area contributed by atoms with Crippen LogP contribution in [-0.4, -0.2) is 30.0 Å². The lowest BCUT2D eigenvalue weighted by atomic mass is 10.1. The molecule has 3 nitrogen and oxygen atoms in total. The minimum atomic E-state index is 0.720. The summed E-state index contributed by atoms with van der Waals surface area (Å²) in [6, 6.07) is 0.731. The van der Waals surface area contributed by atoms with Gasteiger partial charge in [-0.2, -0.15) is 5.10 Å². The van der Waals surface area contributed by atoms with E-state index in [0.29, 0.717) is 0 Å². The van der Waals surface area contributed by atoms with Gasteiger partial charge in [0.2, 0.25) is 0 Å². The van der Waals surface area contributed by atoms with E-state index in [4.69, 9.17) is 0 Å². The maximum absolute atomic E-state index is 4.27. The van der Waals surface area contributed by atoms with Gasteiger partial charge in [0.15, 0.2) is 0 Å². The Kier molecular flexibility index (Phi) is 6.23. The highest BCUT2D eigenvalue weighted by Gasteiger charge is 2.30. The molecule has 1 saturated carbocycles. The fraction of sp³-hybridized carbons (Fsp3) is 0.857. The van der Waals surface area contributed by atoms with E-state index in [2.05, 4.69) is 42.6 Å². The summed E-state index contributed by atoms with van der Waals surface area (Å²) in [4.78, 5) is 2.47. The minimum Gasteiger partial charge on any atom is -0.356 e. The number of amidine groups is 1. The van der Waals surface area contributed by atoms with Gasteiger partial charge in [-0.1, -0.05) is 27.2 Å². The second-order valence-corrected chi connectivity index (χ2v) is 5.37. The van der Waals surface area contributed by atoms with E-state index in [9.17, 15) is 0 Å². The van der Waals surface area contributed by atoms with Crippen molar-refractivity contribution in [2.45, 2.75) is 65.3 Å². The van der Waals surface area contributed by atoms with Gasteiger partial charge < -0.3 is 4.90 Å². The Bertz CT molecular complexity index is 254. The molecule has 1 rings (SSSR count). The average Bonchev–Trinajstić information content (AvgIpc) is 3.10. The fourth-order valence-electron chi connectivity index (χ4n) is 1.99. The predicted octanol–water partition coefficient (Wildman–Crippen LogP) is 3.70. The van der Waals surface area contributed by atoms with Crippen LogP contribution in [-0.2, 0) is 0 Å². The van der Waals surface area contributed by atoms with Crippen LogP contribution >= 0.6 is 0 Å². The van der Waals surface area contributed by atoms with Crippen LogP contribution < -0.4 is 0 Å². The molecule has 1 fully saturated rings. The molecular weight excluding hydrogens is 210 g/mol. The number of hydrogen-bond acceptors (Lipinski definition) is 2. The molecule has 0 atom stereocenters. The minimum absolute atomic E-state index is 0.720. The SMILES string of the molecule is C=N/N=C(/CCC(C)C)N(CCCC)C1CC1. The van der Waals surface area contributed by atoms with Crippen LogP contribution in [0.5, 0.6) is 0 Å². The summed E-state index contributed by atoms with van der Waals surface area (Å²) >= 11 is 0. The Labute approximate surface area is 106 Å². The molecule has 98 valence electrons. The van der Waals surface area contributed by atoms with Gasteiger partial charge in [0.05, 0.1) is 0 Å². The maximum atomic E-state index is 4.27. The van der Waals surface area contributed by atoms with Crippen LogP contribution in [0, 0.1) is 5.92 Å². The summed E-state index contributed by atoms with van der Waals surface area (Å²) in [7, 11) is 0. The van der Waals surface area contributed by atoms with Gasteiger partial charge in [0, 0.05) is 25.7 Å². The van der Waals surface area contributed by atoms with Gasteiger partial charge in [-0.3, -0.25) is 0 Å². The van der Waals surface area contributed by atoms with Gasteiger partial charge in [-0.15, -0.1) is 5.10 Å². The van der Waals surface area contributed by atoms with E-state index in [-0.39, 0.29) is 0 Å². The number of unbranched alkanes of at least 4 members (excludes halogenated alkanes) is 1. The highest BCUT2D eigenvalue weighted by molar-refractivity contribution is 5.83. The van der Waals surface area contributed by atoms with E-state index in [0.717, 1.165) is 30.8 Å². The third-order valence-electron chi connectivity index (χ3n) is 3.20. The highest BCUT2D eigenvalue weighted by atomic mass is 15.3. The standard InChI is InChI=1S/C14H27N3/c1-5-6-11-17(13-8-9-13)14(16-15-4)10-7-12(2)3/h12-13H,4-11H2,1-3H3/b16-14-. The predicted molar refractivity (Wildman–Crippen MR) is 75.7 cm³/mol. The summed E-state index contributed by atoms with van der Waals surface area (Å²) in [6.07, 6.45) is 7.35. The van der Waals surface area contributed by atoms with Crippen LogP contribution in [0.25, 0.3) is 0 Å². The number of hydrogen-bond donors (Lipinski definition) is 0. The van der Waals surface area contributed by atoms with E-state index < -0.39 is 0 Å². The molecule has 0 saturated heterocycles. The molecule has 0 spiro atoms. The first kappa shape index (κ1) is 14.2. The summed E-state index contributed by atoms with van der Waals surface area (Å²) in [6.45, 7) is 11.4. The van der Waals surface area contributed by atoms with Gasteiger partial charge in [0.25, 0.3) is 0 Å². The molecule has 0 amide bonds. The van der Waals surface area contributed by atoms with Crippen LogP contribution in [0.4, 0.5) is 0 Å². The zero-order valence-electron chi connectivity index (χ0n) is 11.7. The first-order valence-electron chi connectivity index (χ1n) is 6.98. The van der Waals surface area contributed by atoms with E-state index in [1.807, 2.05) is 0 Å². The second kappa shape index (κ2) is 7.46. The Hall–Kier alpha value is -0.860.